The molecule has 2 aliphatic rings. The van der Waals surface area contributed by atoms with Crippen LogP contribution in [0.15, 0.2) is 65.8 Å². The van der Waals surface area contributed by atoms with E-state index in [4.69, 9.17) is 11.6 Å². The van der Waals surface area contributed by atoms with Crippen molar-refractivity contribution < 1.29 is 4.79 Å². The standard InChI is InChI=1S/C22H22ClN3OS/c23-19-7-5-16(6-8-19)17-3-1-4-18(13-17)21-22(27)25-20(9-12-28-21)14-26-11-2-10-24-15-26/h1-8,10-11,13,20-21H,9,12,14-15H2,(H,25,27)/t20-,21+/m0/s1. The van der Waals surface area contributed by atoms with Crippen LogP contribution in [-0.4, -0.2) is 42.0 Å². The summed E-state index contributed by atoms with van der Waals surface area (Å²) in [5.41, 5.74) is 3.23. The molecule has 0 spiro atoms. The highest BCUT2D eigenvalue weighted by molar-refractivity contribution is 8.00. The van der Waals surface area contributed by atoms with E-state index in [0.29, 0.717) is 6.67 Å². The van der Waals surface area contributed by atoms with E-state index in [-0.39, 0.29) is 17.2 Å². The molecule has 4 nitrogen and oxygen atoms in total. The summed E-state index contributed by atoms with van der Waals surface area (Å²) >= 11 is 7.72. The summed E-state index contributed by atoms with van der Waals surface area (Å²) < 4.78 is 0. The van der Waals surface area contributed by atoms with E-state index in [1.54, 1.807) is 11.8 Å². The fourth-order valence-corrected chi connectivity index (χ4v) is 4.82. The van der Waals surface area contributed by atoms with Gasteiger partial charge in [-0.15, -0.1) is 11.8 Å². The number of carbonyl (C=O) groups excluding carboxylic acids is 1. The van der Waals surface area contributed by atoms with Crippen molar-refractivity contribution in [3.05, 3.63) is 71.4 Å². The van der Waals surface area contributed by atoms with Crippen molar-refractivity contribution in [2.75, 3.05) is 19.0 Å². The highest BCUT2D eigenvalue weighted by Gasteiger charge is 2.28. The zero-order valence-corrected chi connectivity index (χ0v) is 17.0. The number of hydrogen-bond acceptors (Lipinski definition) is 4. The maximum atomic E-state index is 12.9. The third kappa shape index (κ3) is 4.59. The van der Waals surface area contributed by atoms with Crippen LogP contribution in [0.1, 0.15) is 17.2 Å². The van der Waals surface area contributed by atoms with Crippen LogP contribution in [0.3, 0.4) is 0 Å². The van der Waals surface area contributed by atoms with Crippen molar-refractivity contribution in [1.82, 2.24) is 10.2 Å². The molecule has 0 saturated carbocycles. The van der Waals surface area contributed by atoms with Crippen LogP contribution in [0.5, 0.6) is 0 Å². The van der Waals surface area contributed by atoms with Crippen molar-refractivity contribution >= 4 is 35.5 Å². The van der Waals surface area contributed by atoms with Gasteiger partial charge in [-0.3, -0.25) is 9.79 Å². The van der Waals surface area contributed by atoms with E-state index < -0.39 is 0 Å². The molecule has 0 radical (unpaired) electrons. The smallest absolute Gasteiger partial charge is 0.237 e. The molecule has 2 aliphatic heterocycles. The number of allylic oxidation sites excluding steroid dienone is 1. The predicted octanol–water partition coefficient (Wildman–Crippen LogP) is 4.53. The van der Waals surface area contributed by atoms with Gasteiger partial charge in [0.05, 0.1) is 0 Å². The lowest BCUT2D eigenvalue weighted by molar-refractivity contribution is -0.121. The van der Waals surface area contributed by atoms with Crippen LogP contribution in [-0.2, 0) is 4.79 Å². The van der Waals surface area contributed by atoms with Gasteiger partial charge in [-0.05, 0) is 53.1 Å². The fraction of sp³-hybridized carbons (Fsp3) is 0.273. The molecular weight excluding hydrogens is 390 g/mol. The number of benzene rings is 2. The minimum Gasteiger partial charge on any atom is -0.356 e. The Balaban J connectivity index is 1.47. The predicted molar refractivity (Wildman–Crippen MR) is 118 cm³/mol. The zero-order chi connectivity index (χ0) is 19.3. The number of thioether (sulfide) groups is 1. The maximum absolute atomic E-state index is 12.9. The Morgan fingerprint density at radius 1 is 1.18 bits per heavy atom. The molecule has 1 N–H and O–H groups in total. The molecule has 1 amide bonds. The molecule has 0 aromatic heterocycles. The van der Waals surface area contributed by atoms with Gasteiger partial charge >= 0.3 is 0 Å². The number of nitrogens with one attached hydrogen (secondary N) is 1. The lowest BCUT2D eigenvalue weighted by Gasteiger charge is -2.26. The van der Waals surface area contributed by atoms with E-state index in [2.05, 4.69) is 27.3 Å². The molecule has 4 rings (SSSR count). The summed E-state index contributed by atoms with van der Waals surface area (Å²) in [4.78, 5) is 19.3. The number of hydrogen-bond donors (Lipinski definition) is 1. The highest BCUT2D eigenvalue weighted by atomic mass is 35.5. The second kappa shape index (κ2) is 8.84. The highest BCUT2D eigenvalue weighted by Crippen LogP contribution is 2.34. The Hall–Kier alpha value is -2.24. The topological polar surface area (TPSA) is 44.7 Å². The van der Waals surface area contributed by atoms with Crippen LogP contribution in [0, 0.1) is 0 Å². The lowest BCUT2D eigenvalue weighted by Crippen LogP contribution is -2.43. The van der Waals surface area contributed by atoms with Crippen LogP contribution in [0.25, 0.3) is 11.1 Å². The molecule has 2 aromatic carbocycles. The Kier molecular flexibility index (Phi) is 6.03. The molecule has 1 fully saturated rings. The van der Waals surface area contributed by atoms with Gasteiger partial charge in [0.1, 0.15) is 11.9 Å². The van der Waals surface area contributed by atoms with Gasteiger partial charge in [-0.25, -0.2) is 0 Å². The van der Waals surface area contributed by atoms with E-state index in [1.807, 2.05) is 54.9 Å². The molecule has 28 heavy (non-hydrogen) atoms. The second-order valence-electron chi connectivity index (χ2n) is 6.96. The molecule has 2 atom stereocenters. The van der Waals surface area contributed by atoms with Gasteiger partial charge in [-0.2, -0.15) is 0 Å². The van der Waals surface area contributed by atoms with Crippen molar-refractivity contribution in [2.24, 2.45) is 4.99 Å². The van der Waals surface area contributed by atoms with Gasteiger partial charge < -0.3 is 10.2 Å². The largest absolute Gasteiger partial charge is 0.356 e. The van der Waals surface area contributed by atoms with Crippen LogP contribution in [0.4, 0.5) is 0 Å². The number of carbonyl (C=O) groups is 1. The van der Waals surface area contributed by atoms with Crippen molar-refractivity contribution in [1.29, 1.82) is 0 Å². The van der Waals surface area contributed by atoms with Gasteiger partial charge in [0.2, 0.25) is 5.91 Å². The normalized spacial score (nSPS) is 22.0. The lowest BCUT2D eigenvalue weighted by atomic mass is 10.0. The molecule has 1 saturated heterocycles. The van der Waals surface area contributed by atoms with Gasteiger partial charge in [0, 0.05) is 30.0 Å². The summed E-state index contributed by atoms with van der Waals surface area (Å²) in [6.45, 7) is 1.44. The molecule has 144 valence electrons. The Labute approximate surface area is 174 Å². The van der Waals surface area contributed by atoms with E-state index in [1.165, 1.54) is 0 Å². The average molecular weight is 412 g/mol. The SMILES string of the molecule is O=C1N[C@H](CN2C=CC=NC2)CCS[C@@H]1c1cccc(-c2ccc(Cl)cc2)c1. The molecule has 6 heteroatoms. The summed E-state index contributed by atoms with van der Waals surface area (Å²) in [6, 6.07) is 16.2. The van der Waals surface area contributed by atoms with Crippen molar-refractivity contribution in [2.45, 2.75) is 17.7 Å². The van der Waals surface area contributed by atoms with E-state index in [9.17, 15) is 4.79 Å². The molecule has 2 heterocycles. The van der Waals surface area contributed by atoms with E-state index >= 15 is 0 Å². The number of nitrogens with zero attached hydrogens (tertiary/aromatic N) is 2. The fourth-order valence-electron chi connectivity index (χ4n) is 3.48. The average Bonchev–Trinajstić information content (AvgIpc) is 2.90. The number of rotatable bonds is 4. The number of aliphatic imine (C=N–C) groups is 1. The van der Waals surface area contributed by atoms with Crippen LogP contribution >= 0.6 is 23.4 Å². The Bertz CT molecular complexity index is 897. The summed E-state index contributed by atoms with van der Waals surface area (Å²) in [5, 5.41) is 3.77. The third-order valence-electron chi connectivity index (χ3n) is 4.91. The summed E-state index contributed by atoms with van der Waals surface area (Å²) in [7, 11) is 0. The second-order valence-corrected chi connectivity index (χ2v) is 8.61. The Morgan fingerprint density at radius 2 is 2.04 bits per heavy atom. The van der Waals surface area contributed by atoms with Gasteiger partial charge in [-0.1, -0.05) is 41.9 Å². The maximum Gasteiger partial charge on any atom is 0.237 e. The van der Waals surface area contributed by atoms with Gasteiger partial charge in [0.15, 0.2) is 0 Å². The number of halogens is 1. The van der Waals surface area contributed by atoms with E-state index in [0.717, 1.165) is 40.4 Å². The molecule has 0 unspecified atom stereocenters. The van der Waals surface area contributed by atoms with Crippen LogP contribution in [0.2, 0.25) is 5.02 Å². The third-order valence-corrected chi connectivity index (χ3v) is 6.45. The first-order chi connectivity index (χ1) is 13.7. The summed E-state index contributed by atoms with van der Waals surface area (Å²) in [5.74, 6) is 1.03. The summed E-state index contributed by atoms with van der Waals surface area (Å²) in [6.07, 6.45) is 6.73. The zero-order valence-electron chi connectivity index (χ0n) is 15.4. The minimum atomic E-state index is -0.188. The first-order valence-corrected chi connectivity index (χ1v) is 10.8. The quantitative estimate of drug-likeness (QED) is 0.804. The minimum absolute atomic E-state index is 0.0882. The van der Waals surface area contributed by atoms with Crippen LogP contribution < -0.4 is 5.32 Å². The monoisotopic (exact) mass is 411 g/mol. The molecule has 2 aromatic rings. The Morgan fingerprint density at radius 3 is 2.82 bits per heavy atom. The molecule has 0 bridgehead atoms. The molecule has 0 aliphatic carbocycles. The van der Waals surface area contributed by atoms with Crippen molar-refractivity contribution in [3.8, 4) is 11.1 Å². The number of amides is 1. The molecular formula is C22H22ClN3OS. The van der Waals surface area contributed by atoms with Crippen molar-refractivity contribution in [3.63, 3.8) is 0 Å². The first kappa shape index (κ1) is 19.1. The van der Waals surface area contributed by atoms with Gasteiger partial charge in [0.25, 0.3) is 0 Å². The first-order valence-electron chi connectivity index (χ1n) is 9.37.